The molecule has 0 atom stereocenters. The van der Waals surface area contributed by atoms with Crippen LogP contribution in [0, 0.1) is 0 Å². The van der Waals surface area contributed by atoms with Crippen LogP contribution in [0.4, 0.5) is 0 Å². The third-order valence-corrected chi connectivity index (χ3v) is 2.99. The first-order chi connectivity index (χ1) is 10.4. The Balaban J connectivity index is 1.62. The molecule has 108 valence electrons. The van der Waals surface area contributed by atoms with Crippen molar-refractivity contribution in [2.24, 2.45) is 4.99 Å². The fourth-order valence-electron chi connectivity index (χ4n) is 1.96. The Morgan fingerprint density at radius 1 is 1.10 bits per heavy atom. The molecule has 0 amide bonds. The van der Waals surface area contributed by atoms with Gasteiger partial charge in [0.15, 0.2) is 0 Å². The fraction of sp³-hybridized carbons (Fsp3) is 0.333. The van der Waals surface area contributed by atoms with Crippen LogP contribution in [-0.4, -0.2) is 45.6 Å². The Labute approximate surface area is 126 Å². The average Bonchev–Trinajstić information content (AvgIpc) is 2.53. The van der Waals surface area contributed by atoms with Crippen LogP contribution in [0.5, 0.6) is 0 Å². The largest absolute Gasteiger partial charge is 0.560 e. The molecule has 6 heteroatoms. The molecule has 0 unspecified atom stereocenters. The lowest BCUT2D eigenvalue weighted by atomic mass is 10.2. The third kappa shape index (κ3) is 5.53. The zero-order valence-electron chi connectivity index (χ0n) is 12.0. The van der Waals surface area contributed by atoms with E-state index in [0.717, 1.165) is 37.4 Å². The van der Waals surface area contributed by atoms with Crippen molar-refractivity contribution in [3.63, 3.8) is 0 Å². The molecule has 0 aliphatic carbocycles. The first-order valence-electron chi connectivity index (χ1n) is 7.00. The standard InChI is InChI=1S/C15H19BN4O/c16-21-12-19-10-8-17-7-9-18-11-14-6-5-13-3-1-2-4-15(13)20-14/h1-6,12,17-18H,7-11H2. The van der Waals surface area contributed by atoms with Crippen LogP contribution in [0.25, 0.3) is 10.9 Å². The molecule has 2 aromatic rings. The summed E-state index contributed by atoms with van der Waals surface area (Å²) in [6.45, 7) is 3.99. The number of rotatable bonds is 9. The fourth-order valence-corrected chi connectivity index (χ4v) is 1.96. The van der Waals surface area contributed by atoms with Crippen molar-refractivity contribution >= 4 is 25.4 Å². The summed E-state index contributed by atoms with van der Waals surface area (Å²) in [4.78, 5) is 8.53. The van der Waals surface area contributed by atoms with E-state index >= 15 is 0 Å². The van der Waals surface area contributed by atoms with Crippen LogP contribution < -0.4 is 10.6 Å². The zero-order valence-corrected chi connectivity index (χ0v) is 12.0. The van der Waals surface area contributed by atoms with Gasteiger partial charge in [-0.05, 0) is 12.1 Å². The van der Waals surface area contributed by atoms with Crippen LogP contribution in [0.2, 0.25) is 0 Å². The molecule has 1 aromatic heterocycles. The summed E-state index contributed by atoms with van der Waals surface area (Å²) in [5.41, 5.74) is 2.09. The first kappa shape index (κ1) is 15.5. The predicted molar refractivity (Wildman–Crippen MR) is 86.5 cm³/mol. The highest BCUT2D eigenvalue weighted by Gasteiger charge is 1.97. The molecule has 1 aromatic carbocycles. The monoisotopic (exact) mass is 282 g/mol. The van der Waals surface area contributed by atoms with Gasteiger partial charge in [-0.1, -0.05) is 24.3 Å². The molecular weight excluding hydrogens is 263 g/mol. The number of hydrogen-bond donors (Lipinski definition) is 2. The van der Waals surface area contributed by atoms with Gasteiger partial charge in [-0.2, -0.15) is 0 Å². The smallest absolute Gasteiger partial charge is 0.375 e. The van der Waals surface area contributed by atoms with Gasteiger partial charge in [0.05, 0.1) is 17.8 Å². The molecule has 2 N–H and O–H groups in total. The lowest BCUT2D eigenvalue weighted by Gasteiger charge is -2.06. The van der Waals surface area contributed by atoms with E-state index in [1.54, 1.807) is 0 Å². The van der Waals surface area contributed by atoms with Gasteiger partial charge in [0.25, 0.3) is 0 Å². The van der Waals surface area contributed by atoms with Gasteiger partial charge in [0.1, 0.15) is 6.40 Å². The number of para-hydroxylation sites is 1. The number of aliphatic imine (C=N–C) groups is 1. The minimum atomic E-state index is 0.656. The number of aromatic nitrogens is 1. The van der Waals surface area contributed by atoms with Crippen molar-refractivity contribution in [1.29, 1.82) is 0 Å². The Hall–Kier alpha value is -1.92. The second-order valence-electron chi connectivity index (χ2n) is 4.57. The molecule has 0 aliphatic heterocycles. The van der Waals surface area contributed by atoms with Crippen molar-refractivity contribution in [3.05, 3.63) is 42.1 Å². The summed E-state index contributed by atoms with van der Waals surface area (Å²) in [5, 5.41) is 7.80. The minimum Gasteiger partial charge on any atom is -0.560 e. The molecule has 1 heterocycles. The van der Waals surface area contributed by atoms with E-state index in [0.29, 0.717) is 6.54 Å². The highest BCUT2D eigenvalue weighted by atomic mass is 16.4. The van der Waals surface area contributed by atoms with Gasteiger partial charge in [0, 0.05) is 31.6 Å². The second kappa shape index (κ2) is 9.10. The van der Waals surface area contributed by atoms with Gasteiger partial charge in [-0.15, -0.1) is 0 Å². The van der Waals surface area contributed by atoms with Gasteiger partial charge >= 0.3 is 8.05 Å². The summed E-state index contributed by atoms with van der Waals surface area (Å²) in [6.07, 6.45) is 1.24. The van der Waals surface area contributed by atoms with Gasteiger partial charge in [0.2, 0.25) is 0 Å². The molecule has 5 nitrogen and oxygen atoms in total. The van der Waals surface area contributed by atoms with E-state index in [1.165, 1.54) is 11.8 Å². The van der Waals surface area contributed by atoms with Crippen molar-refractivity contribution in [2.45, 2.75) is 6.54 Å². The summed E-state index contributed by atoms with van der Waals surface area (Å²) in [5.74, 6) is 0. The third-order valence-electron chi connectivity index (χ3n) is 2.99. The van der Waals surface area contributed by atoms with Crippen LogP contribution in [0.1, 0.15) is 5.69 Å². The first-order valence-corrected chi connectivity index (χ1v) is 7.00. The minimum absolute atomic E-state index is 0.656. The van der Waals surface area contributed by atoms with Crippen LogP contribution >= 0.6 is 0 Å². The molecule has 0 bridgehead atoms. The van der Waals surface area contributed by atoms with Crippen LogP contribution in [0.3, 0.4) is 0 Å². The molecule has 0 fully saturated rings. The average molecular weight is 282 g/mol. The number of pyridine rings is 1. The Kier molecular flexibility index (Phi) is 6.71. The van der Waals surface area contributed by atoms with Crippen molar-refractivity contribution in [1.82, 2.24) is 15.6 Å². The van der Waals surface area contributed by atoms with Gasteiger partial charge in [-0.25, -0.2) is 0 Å². The maximum absolute atomic E-state index is 4.81. The van der Waals surface area contributed by atoms with E-state index in [9.17, 15) is 0 Å². The maximum atomic E-state index is 4.81. The van der Waals surface area contributed by atoms with Crippen LogP contribution in [-0.2, 0) is 11.2 Å². The zero-order chi connectivity index (χ0) is 14.8. The van der Waals surface area contributed by atoms with E-state index < -0.39 is 0 Å². The summed E-state index contributed by atoms with van der Waals surface area (Å²) in [6, 6.07) is 12.3. The second-order valence-corrected chi connectivity index (χ2v) is 4.57. The molecule has 2 radical (unpaired) electrons. The van der Waals surface area contributed by atoms with Crippen molar-refractivity contribution in [2.75, 3.05) is 26.2 Å². The molecule has 0 saturated carbocycles. The summed E-state index contributed by atoms with van der Waals surface area (Å²) >= 11 is 0. The lowest BCUT2D eigenvalue weighted by Crippen LogP contribution is -2.28. The Bertz CT molecular complexity index is 576. The number of hydrogen-bond acceptors (Lipinski definition) is 5. The predicted octanol–water partition coefficient (Wildman–Crippen LogP) is 1.04. The number of fused-ring (bicyclic) bond motifs is 1. The molecular formula is C15H19BN4O. The highest BCUT2D eigenvalue weighted by Crippen LogP contribution is 2.11. The van der Waals surface area contributed by atoms with E-state index in [1.807, 2.05) is 18.2 Å². The maximum Gasteiger partial charge on any atom is 0.375 e. The Morgan fingerprint density at radius 2 is 1.95 bits per heavy atom. The van der Waals surface area contributed by atoms with E-state index in [4.69, 9.17) is 8.05 Å². The molecule has 2 rings (SSSR count). The molecule has 0 spiro atoms. The van der Waals surface area contributed by atoms with Crippen LogP contribution in [0.15, 0.2) is 41.4 Å². The highest BCUT2D eigenvalue weighted by molar-refractivity contribution is 6.02. The Morgan fingerprint density at radius 3 is 2.86 bits per heavy atom. The molecule has 21 heavy (non-hydrogen) atoms. The summed E-state index contributed by atoms with van der Waals surface area (Å²) in [7, 11) is 4.81. The topological polar surface area (TPSA) is 58.5 Å². The summed E-state index contributed by atoms with van der Waals surface area (Å²) < 4.78 is 4.23. The normalized spacial score (nSPS) is 11.2. The number of nitrogens with zero attached hydrogens (tertiary/aromatic N) is 2. The quantitative estimate of drug-likeness (QED) is 0.312. The number of benzene rings is 1. The van der Waals surface area contributed by atoms with Crippen molar-refractivity contribution < 1.29 is 4.65 Å². The van der Waals surface area contributed by atoms with E-state index in [-0.39, 0.29) is 0 Å². The van der Waals surface area contributed by atoms with Crippen molar-refractivity contribution in [3.8, 4) is 0 Å². The van der Waals surface area contributed by atoms with E-state index in [2.05, 4.69) is 43.5 Å². The van der Waals surface area contributed by atoms with Gasteiger partial charge in [-0.3, -0.25) is 9.98 Å². The number of nitrogens with one attached hydrogen (secondary N) is 2. The SMILES string of the molecule is [B]OC=NCCNCCNCc1ccc2ccccc2n1. The van der Waals surface area contributed by atoms with Gasteiger partial charge < -0.3 is 15.3 Å². The molecule has 0 saturated heterocycles. The lowest BCUT2D eigenvalue weighted by molar-refractivity contribution is 0.603. The molecule has 0 aliphatic rings.